The Bertz CT molecular complexity index is 294. The molecular weight excluding hydrogens is 270 g/mol. The van der Waals surface area contributed by atoms with Crippen LogP contribution in [0.2, 0.25) is 19.6 Å². The summed E-state index contributed by atoms with van der Waals surface area (Å²) >= 11 is 3.37. The van der Waals surface area contributed by atoms with Crippen LogP contribution in [0.3, 0.4) is 0 Å². The van der Waals surface area contributed by atoms with Crippen LogP contribution in [0.15, 0.2) is 22.8 Å². The average molecular weight is 288 g/mol. The van der Waals surface area contributed by atoms with Crippen LogP contribution in [0.25, 0.3) is 0 Å². The molecule has 0 aliphatic carbocycles. The van der Waals surface area contributed by atoms with Crippen LogP contribution in [-0.4, -0.2) is 19.9 Å². The van der Waals surface area contributed by atoms with E-state index in [0.717, 1.165) is 29.6 Å². The first kappa shape index (κ1) is 12.9. The summed E-state index contributed by atoms with van der Waals surface area (Å²) in [7, 11) is -1.33. The molecule has 0 atom stereocenters. The molecule has 0 bridgehead atoms. The van der Waals surface area contributed by atoms with Gasteiger partial charge >= 0.3 is 0 Å². The fourth-order valence-corrected chi connectivity index (χ4v) is 2.18. The normalized spacial score (nSPS) is 11.7. The quantitative estimate of drug-likeness (QED) is 0.610. The van der Waals surface area contributed by atoms with Crippen LogP contribution in [0.1, 0.15) is 12.1 Å². The first-order valence-electron chi connectivity index (χ1n) is 5.22. The predicted molar refractivity (Wildman–Crippen MR) is 69.6 cm³/mol. The predicted octanol–water partition coefficient (Wildman–Crippen LogP) is 3.63. The van der Waals surface area contributed by atoms with Gasteiger partial charge in [0, 0.05) is 23.0 Å². The van der Waals surface area contributed by atoms with Gasteiger partial charge in [0.1, 0.15) is 0 Å². The third-order valence-electron chi connectivity index (χ3n) is 1.90. The van der Waals surface area contributed by atoms with Gasteiger partial charge in [-0.05, 0) is 60.5 Å². The van der Waals surface area contributed by atoms with Crippen molar-refractivity contribution >= 4 is 24.2 Å². The summed E-state index contributed by atoms with van der Waals surface area (Å²) in [6.45, 7) is 7.49. The number of pyridine rings is 1. The smallest absolute Gasteiger partial charge is 0.183 e. The molecule has 4 heteroatoms. The van der Waals surface area contributed by atoms with Crippen LogP contribution in [-0.2, 0) is 10.8 Å². The minimum absolute atomic E-state index is 0.855. The van der Waals surface area contributed by atoms with E-state index >= 15 is 0 Å². The number of aryl methyl sites for hydroxylation is 1. The Labute approximate surface area is 101 Å². The Hall–Kier alpha value is -0.193. The Morgan fingerprint density at radius 3 is 2.60 bits per heavy atom. The third kappa shape index (κ3) is 6.07. The highest BCUT2D eigenvalue weighted by Crippen LogP contribution is 2.09. The topological polar surface area (TPSA) is 22.1 Å². The lowest BCUT2D eigenvalue weighted by atomic mass is 10.2. The molecule has 0 aromatic carbocycles. The monoisotopic (exact) mass is 287 g/mol. The SMILES string of the molecule is C[Si](C)(C)OCCCc1ccc(Br)cn1. The van der Waals surface area contributed by atoms with E-state index < -0.39 is 8.32 Å². The Morgan fingerprint density at radius 1 is 1.33 bits per heavy atom. The number of nitrogens with zero attached hydrogens (tertiary/aromatic N) is 1. The molecule has 0 fully saturated rings. The molecule has 1 aromatic rings. The molecule has 0 saturated heterocycles. The molecule has 0 saturated carbocycles. The van der Waals surface area contributed by atoms with Gasteiger partial charge in [-0.3, -0.25) is 4.98 Å². The van der Waals surface area contributed by atoms with Crippen LogP contribution in [0.5, 0.6) is 0 Å². The standard InChI is InChI=1S/C11H18BrNOSi/c1-15(2,3)14-8-4-5-11-7-6-10(12)9-13-11/h6-7,9H,4-5,8H2,1-3H3. The minimum atomic E-state index is -1.33. The summed E-state index contributed by atoms with van der Waals surface area (Å²) in [5.74, 6) is 0. The van der Waals surface area contributed by atoms with Crippen molar-refractivity contribution in [3.05, 3.63) is 28.5 Å². The molecule has 0 spiro atoms. The zero-order valence-electron chi connectivity index (χ0n) is 9.59. The second-order valence-electron chi connectivity index (χ2n) is 4.53. The first-order valence-corrected chi connectivity index (χ1v) is 9.42. The molecule has 15 heavy (non-hydrogen) atoms. The Balaban J connectivity index is 2.23. The van der Waals surface area contributed by atoms with Gasteiger partial charge in [0.2, 0.25) is 0 Å². The summed E-state index contributed by atoms with van der Waals surface area (Å²) in [5.41, 5.74) is 1.14. The van der Waals surface area contributed by atoms with Gasteiger partial charge < -0.3 is 4.43 Å². The fourth-order valence-electron chi connectivity index (χ4n) is 1.19. The lowest BCUT2D eigenvalue weighted by Crippen LogP contribution is -2.25. The second-order valence-corrected chi connectivity index (χ2v) is 9.96. The van der Waals surface area contributed by atoms with Crippen LogP contribution < -0.4 is 0 Å². The highest BCUT2D eigenvalue weighted by Gasteiger charge is 2.13. The molecule has 0 amide bonds. The average Bonchev–Trinajstić information content (AvgIpc) is 2.14. The number of rotatable bonds is 5. The summed E-state index contributed by atoms with van der Waals surface area (Å²) < 4.78 is 6.81. The van der Waals surface area contributed by atoms with Crippen molar-refractivity contribution in [3.63, 3.8) is 0 Å². The van der Waals surface area contributed by atoms with E-state index in [1.807, 2.05) is 12.3 Å². The highest BCUT2D eigenvalue weighted by molar-refractivity contribution is 9.10. The molecule has 84 valence electrons. The van der Waals surface area contributed by atoms with E-state index in [1.165, 1.54) is 0 Å². The third-order valence-corrected chi connectivity index (χ3v) is 3.44. The van der Waals surface area contributed by atoms with E-state index in [9.17, 15) is 0 Å². The Kier molecular flexibility index (Phi) is 4.95. The number of hydrogen-bond acceptors (Lipinski definition) is 2. The van der Waals surface area contributed by atoms with Crippen molar-refractivity contribution in [1.29, 1.82) is 0 Å². The van der Waals surface area contributed by atoms with E-state index in [-0.39, 0.29) is 0 Å². The van der Waals surface area contributed by atoms with Gasteiger partial charge in [-0.25, -0.2) is 0 Å². The van der Waals surface area contributed by atoms with Crippen LogP contribution in [0, 0.1) is 0 Å². The lowest BCUT2D eigenvalue weighted by Gasteiger charge is -2.16. The molecule has 0 aliphatic heterocycles. The molecular formula is C11H18BrNOSi. The number of hydrogen-bond donors (Lipinski definition) is 0. The van der Waals surface area contributed by atoms with E-state index in [0.29, 0.717) is 0 Å². The largest absolute Gasteiger partial charge is 0.418 e. The van der Waals surface area contributed by atoms with Gasteiger partial charge in [0.05, 0.1) is 0 Å². The zero-order valence-corrected chi connectivity index (χ0v) is 12.2. The van der Waals surface area contributed by atoms with Crippen molar-refractivity contribution in [1.82, 2.24) is 4.98 Å². The lowest BCUT2D eigenvalue weighted by molar-refractivity contribution is 0.304. The molecule has 1 aromatic heterocycles. The summed E-state index contributed by atoms with van der Waals surface area (Å²) in [4.78, 5) is 4.32. The molecule has 0 unspecified atom stereocenters. The maximum absolute atomic E-state index is 5.78. The summed E-state index contributed by atoms with van der Waals surface area (Å²) in [6.07, 6.45) is 3.89. The van der Waals surface area contributed by atoms with E-state index in [2.05, 4.69) is 46.6 Å². The van der Waals surface area contributed by atoms with Crippen LogP contribution in [0.4, 0.5) is 0 Å². The number of aromatic nitrogens is 1. The van der Waals surface area contributed by atoms with Crippen molar-refractivity contribution < 1.29 is 4.43 Å². The van der Waals surface area contributed by atoms with E-state index in [1.54, 1.807) is 0 Å². The maximum atomic E-state index is 5.78. The molecule has 0 radical (unpaired) electrons. The van der Waals surface area contributed by atoms with Crippen molar-refractivity contribution in [2.24, 2.45) is 0 Å². The molecule has 1 heterocycles. The maximum Gasteiger partial charge on any atom is 0.183 e. The van der Waals surface area contributed by atoms with Gasteiger partial charge in [-0.15, -0.1) is 0 Å². The summed E-state index contributed by atoms with van der Waals surface area (Å²) in [5, 5.41) is 0. The molecule has 2 nitrogen and oxygen atoms in total. The molecule has 0 aliphatic rings. The Morgan fingerprint density at radius 2 is 2.07 bits per heavy atom. The number of halogens is 1. The first-order chi connectivity index (χ1) is 6.97. The van der Waals surface area contributed by atoms with Gasteiger partial charge in [-0.1, -0.05) is 0 Å². The second kappa shape index (κ2) is 5.77. The molecule has 0 N–H and O–H groups in total. The van der Waals surface area contributed by atoms with Crippen LogP contribution >= 0.6 is 15.9 Å². The zero-order chi connectivity index (χ0) is 11.3. The fraction of sp³-hybridized carbons (Fsp3) is 0.545. The summed E-state index contributed by atoms with van der Waals surface area (Å²) in [6, 6.07) is 4.08. The van der Waals surface area contributed by atoms with Crippen molar-refractivity contribution in [2.75, 3.05) is 6.61 Å². The molecule has 1 rings (SSSR count). The van der Waals surface area contributed by atoms with Gasteiger partial charge in [-0.2, -0.15) is 0 Å². The van der Waals surface area contributed by atoms with Crippen molar-refractivity contribution in [2.45, 2.75) is 32.5 Å². The van der Waals surface area contributed by atoms with E-state index in [4.69, 9.17) is 4.43 Å². The van der Waals surface area contributed by atoms with Gasteiger partial charge in [0.25, 0.3) is 0 Å². The van der Waals surface area contributed by atoms with Gasteiger partial charge in [0.15, 0.2) is 8.32 Å². The van der Waals surface area contributed by atoms with Crippen molar-refractivity contribution in [3.8, 4) is 0 Å². The highest BCUT2D eigenvalue weighted by atomic mass is 79.9. The minimum Gasteiger partial charge on any atom is -0.418 e.